The second-order valence-electron chi connectivity index (χ2n) is 5.74. The van der Waals surface area contributed by atoms with Crippen molar-refractivity contribution in [1.82, 2.24) is 10.2 Å². The highest BCUT2D eigenvalue weighted by atomic mass is 16.5. The summed E-state index contributed by atoms with van der Waals surface area (Å²) in [5.41, 5.74) is 2.36. The van der Waals surface area contributed by atoms with Crippen LogP contribution in [0.2, 0.25) is 0 Å². The molecular formula is C20H20N2O3. The van der Waals surface area contributed by atoms with E-state index < -0.39 is 5.97 Å². The lowest BCUT2D eigenvalue weighted by Crippen LogP contribution is -2.08. The lowest BCUT2D eigenvalue weighted by Gasteiger charge is -2.13. The third-order valence-corrected chi connectivity index (χ3v) is 3.89. The zero-order valence-electron chi connectivity index (χ0n) is 14.1. The Hall–Kier alpha value is -2.95. The summed E-state index contributed by atoms with van der Waals surface area (Å²) in [5, 5.41) is 7.94. The average Bonchev–Trinajstić information content (AvgIpc) is 3.13. The molecule has 0 aliphatic carbocycles. The second-order valence-corrected chi connectivity index (χ2v) is 5.74. The minimum atomic E-state index is -0.584. The molecule has 0 N–H and O–H groups in total. The van der Waals surface area contributed by atoms with Crippen LogP contribution in [0.15, 0.2) is 65.1 Å². The molecule has 0 fully saturated rings. The predicted molar refractivity (Wildman–Crippen MR) is 93.3 cm³/mol. The first kappa shape index (κ1) is 16.9. The fraction of sp³-hybridized carbons (Fsp3) is 0.250. The molecule has 1 aromatic heterocycles. The minimum absolute atomic E-state index is 0.0134. The van der Waals surface area contributed by atoms with Gasteiger partial charge in [0, 0.05) is 5.92 Å². The van der Waals surface area contributed by atoms with Crippen LogP contribution in [-0.4, -0.2) is 22.8 Å². The van der Waals surface area contributed by atoms with Gasteiger partial charge in [-0.1, -0.05) is 60.7 Å². The van der Waals surface area contributed by atoms with Crippen molar-refractivity contribution in [2.45, 2.75) is 25.7 Å². The standard InChI is InChI=1S/C20H20N2O3/c1-2-24-20(23)19-22-21-18(25-19)17(13-15-9-5-3-6-10-15)14-16-11-7-4-8-12-16/h3-12,17H,2,13-14H2,1H3. The number of carbonyl (C=O) groups is 1. The van der Waals surface area contributed by atoms with E-state index in [1.807, 2.05) is 36.4 Å². The summed E-state index contributed by atoms with van der Waals surface area (Å²) in [4.78, 5) is 11.8. The van der Waals surface area contributed by atoms with Crippen molar-refractivity contribution in [3.05, 3.63) is 83.6 Å². The molecule has 1 heterocycles. The Labute approximate surface area is 146 Å². The van der Waals surface area contributed by atoms with Gasteiger partial charge in [0.25, 0.3) is 0 Å². The Bertz CT molecular complexity index is 759. The highest BCUT2D eigenvalue weighted by Gasteiger charge is 2.23. The first-order valence-electron chi connectivity index (χ1n) is 8.34. The first-order chi connectivity index (χ1) is 12.3. The Morgan fingerprint density at radius 1 is 0.960 bits per heavy atom. The van der Waals surface area contributed by atoms with Gasteiger partial charge in [0.2, 0.25) is 5.89 Å². The highest BCUT2D eigenvalue weighted by Crippen LogP contribution is 2.24. The third kappa shape index (κ3) is 4.53. The molecule has 0 saturated heterocycles. The first-order valence-corrected chi connectivity index (χ1v) is 8.34. The van der Waals surface area contributed by atoms with Gasteiger partial charge in [-0.05, 0) is 30.9 Å². The van der Waals surface area contributed by atoms with Crippen LogP contribution in [0, 0.1) is 0 Å². The maximum Gasteiger partial charge on any atom is 0.396 e. The zero-order valence-corrected chi connectivity index (χ0v) is 14.1. The molecule has 3 aromatic rings. The highest BCUT2D eigenvalue weighted by molar-refractivity contribution is 5.83. The van der Waals surface area contributed by atoms with E-state index in [0.29, 0.717) is 5.89 Å². The molecule has 0 unspecified atom stereocenters. The monoisotopic (exact) mass is 336 g/mol. The fourth-order valence-electron chi connectivity index (χ4n) is 2.72. The maximum absolute atomic E-state index is 11.8. The van der Waals surface area contributed by atoms with E-state index in [9.17, 15) is 4.79 Å². The molecule has 0 spiro atoms. The molecule has 5 nitrogen and oxygen atoms in total. The lowest BCUT2D eigenvalue weighted by atomic mass is 9.92. The van der Waals surface area contributed by atoms with Crippen LogP contribution in [0.25, 0.3) is 0 Å². The molecule has 0 aliphatic rings. The third-order valence-electron chi connectivity index (χ3n) is 3.89. The average molecular weight is 336 g/mol. The van der Waals surface area contributed by atoms with Gasteiger partial charge in [-0.2, -0.15) is 0 Å². The Morgan fingerprint density at radius 2 is 1.52 bits per heavy atom. The molecule has 2 aromatic carbocycles. The zero-order chi connectivity index (χ0) is 17.5. The van der Waals surface area contributed by atoms with Crippen LogP contribution in [-0.2, 0) is 17.6 Å². The SMILES string of the molecule is CCOC(=O)c1nnc(C(Cc2ccccc2)Cc2ccccc2)o1. The van der Waals surface area contributed by atoms with Crippen LogP contribution in [0.4, 0.5) is 0 Å². The van der Waals surface area contributed by atoms with Gasteiger partial charge in [0.15, 0.2) is 0 Å². The summed E-state index contributed by atoms with van der Waals surface area (Å²) in [5.74, 6) is -0.237. The largest absolute Gasteiger partial charge is 0.459 e. The maximum atomic E-state index is 11.8. The van der Waals surface area contributed by atoms with Crippen molar-refractivity contribution in [3.63, 3.8) is 0 Å². The van der Waals surface area contributed by atoms with Crippen LogP contribution in [0.3, 0.4) is 0 Å². The molecule has 5 heteroatoms. The van der Waals surface area contributed by atoms with Crippen molar-refractivity contribution < 1.29 is 13.9 Å². The van der Waals surface area contributed by atoms with Gasteiger partial charge in [-0.25, -0.2) is 4.79 Å². The van der Waals surface area contributed by atoms with Crippen LogP contribution in [0.5, 0.6) is 0 Å². The smallest absolute Gasteiger partial charge is 0.396 e. The Balaban J connectivity index is 1.84. The van der Waals surface area contributed by atoms with E-state index in [4.69, 9.17) is 9.15 Å². The number of esters is 1. The van der Waals surface area contributed by atoms with Gasteiger partial charge in [-0.15, -0.1) is 10.2 Å². The topological polar surface area (TPSA) is 65.2 Å². The predicted octanol–water partition coefficient (Wildman–Crippen LogP) is 3.82. The van der Waals surface area contributed by atoms with Crippen molar-refractivity contribution >= 4 is 5.97 Å². The summed E-state index contributed by atoms with van der Waals surface area (Å²) in [6, 6.07) is 20.3. The van der Waals surface area contributed by atoms with Crippen molar-refractivity contribution in [3.8, 4) is 0 Å². The molecule has 25 heavy (non-hydrogen) atoms. The van der Waals surface area contributed by atoms with Crippen LogP contribution >= 0.6 is 0 Å². The van der Waals surface area contributed by atoms with E-state index in [2.05, 4.69) is 34.5 Å². The van der Waals surface area contributed by atoms with Crippen molar-refractivity contribution in [2.24, 2.45) is 0 Å². The number of ether oxygens (including phenoxy) is 1. The summed E-state index contributed by atoms with van der Waals surface area (Å²) in [6.45, 7) is 2.01. The number of nitrogens with zero attached hydrogens (tertiary/aromatic N) is 2. The lowest BCUT2D eigenvalue weighted by molar-refractivity contribution is 0.0478. The van der Waals surface area contributed by atoms with E-state index >= 15 is 0 Å². The number of rotatable bonds is 7. The van der Waals surface area contributed by atoms with E-state index in [1.54, 1.807) is 6.92 Å². The molecule has 0 amide bonds. The number of hydrogen-bond acceptors (Lipinski definition) is 5. The molecule has 0 saturated carbocycles. The fourth-order valence-corrected chi connectivity index (χ4v) is 2.72. The Morgan fingerprint density at radius 3 is 2.04 bits per heavy atom. The van der Waals surface area contributed by atoms with Crippen molar-refractivity contribution in [1.29, 1.82) is 0 Å². The second kappa shape index (κ2) is 8.24. The molecule has 0 bridgehead atoms. The summed E-state index contributed by atoms with van der Waals surface area (Å²) in [6.07, 6.45) is 1.50. The van der Waals surface area contributed by atoms with Crippen LogP contribution in [0.1, 0.15) is 40.5 Å². The quantitative estimate of drug-likeness (QED) is 0.614. The summed E-state index contributed by atoms with van der Waals surface area (Å²) < 4.78 is 10.5. The number of carbonyl (C=O) groups excluding carboxylic acids is 1. The van der Waals surface area contributed by atoms with E-state index in [-0.39, 0.29) is 18.4 Å². The molecule has 128 valence electrons. The molecule has 0 radical (unpaired) electrons. The Kier molecular flexibility index (Phi) is 5.57. The van der Waals surface area contributed by atoms with Gasteiger partial charge in [0.1, 0.15) is 0 Å². The normalized spacial score (nSPS) is 10.8. The molecule has 0 atom stereocenters. The number of aromatic nitrogens is 2. The minimum Gasteiger partial charge on any atom is -0.459 e. The van der Waals surface area contributed by atoms with Crippen LogP contribution < -0.4 is 0 Å². The summed E-state index contributed by atoms with van der Waals surface area (Å²) in [7, 11) is 0. The van der Waals surface area contributed by atoms with E-state index in [1.165, 1.54) is 11.1 Å². The van der Waals surface area contributed by atoms with Gasteiger partial charge >= 0.3 is 11.9 Å². The molecular weight excluding hydrogens is 316 g/mol. The molecule has 3 rings (SSSR count). The number of hydrogen-bond donors (Lipinski definition) is 0. The number of benzene rings is 2. The molecule has 0 aliphatic heterocycles. The van der Waals surface area contributed by atoms with Gasteiger partial charge < -0.3 is 9.15 Å². The van der Waals surface area contributed by atoms with E-state index in [0.717, 1.165) is 12.8 Å². The van der Waals surface area contributed by atoms with Gasteiger partial charge in [0.05, 0.1) is 6.61 Å². The van der Waals surface area contributed by atoms with Crippen molar-refractivity contribution in [2.75, 3.05) is 6.61 Å². The van der Waals surface area contributed by atoms with Gasteiger partial charge in [-0.3, -0.25) is 0 Å². The summed E-state index contributed by atoms with van der Waals surface area (Å²) >= 11 is 0.